The first-order valence-corrected chi connectivity index (χ1v) is 7.10. The Kier molecular flexibility index (Phi) is 3.78. The fourth-order valence-corrected chi connectivity index (χ4v) is 3.06. The topological polar surface area (TPSA) is 34.4 Å². The van der Waals surface area contributed by atoms with Crippen LogP contribution in [0.4, 0.5) is 0 Å². The van der Waals surface area contributed by atoms with E-state index >= 15 is 0 Å². The number of benzene rings is 1. The summed E-state index contributed by atoms with van der Waals surface area (Å²) in [5, 5.41) is 5.07. The summed E-state index contributed by atoms with van der Waals surface area (Å²) in [6, 6.07) is 8.09. The predicted octanol–water partition coefficient (Wildman–Crippen LogP) is 3.77. The molecule has 0 spiro atoms. The summed E-state index contributed by atoms with van der Waals surface area (Å²) < 4.78 is 11.5. The van der Waals surface area contributed by atoms with Gasteiger partial charge in [0.15, 0.2) is 5.58 Å². The molecule has 1 aromatic heterocycles. The molecule has 1 aromatic carbocycles. The second-order valence-corrected chi connectivity index (χ2v) is 5.46. The Bertz CT molecular complexity index is 560. The van der Waals surface area contributed by atoms with E-state index in [-0.39, 0.29) is 6.04 Å². The van der Waals surface area contributed by atoms with Crippen molar-refractivity contribution >= 4 is 22.6 Å². The molecular formula is C15H18ClNO2. The molecule has 19 heavy (non-hydrogen) atoms. The predicted molar refractivity (Wildman–Crippen MR) is 76.6 cm³/mol. The summed E-state index contributed by atoms with van der Waals surface area (Å²) in [4.78, 5) is 0. The van der Waals surface area contributed by atoms with Crippen LogP contribution in [0.15, 0.2) is 28.7 Å². The summed E-state index contributed by atoms with van der Waals surface area (Å²) >= 11 is 6.17. The smallest absolute Gasteiger partial charge is 0.152 e. The molecule has 1 aliphatic rings. The van der Waals surface area contributed by atoms with Gasteiger partial charge in [0.2, 0.25) is 0 Å². The molecule has 1 fully saturated rings. The standard InChI is InChI=1S/C15H18ClNO2/c1-17-14(11-5-3-7-18-9-11)13-8-10-4-2-6-12(16)15(10)19-13/h2,4,6,8,11,14,17H,3,5,7,9H2,1H3. The highest BCUT2D eigenvalue weighted by atomic mass is 35.5. The van der Waals surface area contributed by atoms with Gasteiger partial charge in [-0.15, -0.1) is 0 Å². The number of nitrogens with one attached hydrogen (secondary N) is 1. The van der Waals surface area contributed by atoms with Gasteiger partial charge in [-0.3, -0.25) is 0 Å². The van der Waals surface area contributed by atoms with E-state index in [1.165, 1.54) is 0 Å². The molecule has 2 aromatic rings. The number of furan rings is 1. The highest BCUT2D eigenvalue weighted by Crippen LogP contribution is 2.34. The first-order valence-electron chi connectivity index (χ1n) is 6.72. The van der Waals surface area contributed by atoms with Crippen molar-refractivity contribution in [3.8, 4) is 0 Å². The van der Waals surface area contributed by atoms with E-state index < -0.39 is 0 Å². The van der Waals surface area contributed by atoms with Crippen LogP contribution in [0.1, 0.15) is 24.6 Å². The molecule has 1 saturated heterocycles. The van der Waals surface area contributed by atoms with Crippen LogP contribution in [0.5, 0.6) is 0 Å². The van der Waals surface area contributed by atoms with E-state index in [0.717, 1.165) is 42.8 Å². The first kappa shape index (κ1) is 13.0. The van der Waals surface area contributed by atoms with Gasteiger partial charge >= 0.3 is 0 Å². The average molecular weight is 280 g/mol. The molecular weight excluding hydrogens is 262 g/mol. The SMILES string of the molecule is CNC(c1cc2cccc(Cl)c2o1)C1CCCOC1. The highest BCUT2D eigenvalue weighted by Gasteiger charge is 2.27. The zero-order valence-electron chi connectivity index (χ0n) is 11.0. The first-order chi connectivity index (χ1) is 9.29. The zero-order valence-corrected chi connectivity index (χ0v) is 11.7. The molecule has 1 aliphatic heterocycles. The van der Waals surface area contributed by atoms with Crippen molar-refractivity contribution in [3.63, 3.8) is 0 Å². The number of para-hydroxylation sites is 1. The Labute approximate surface area is 117 Å². The lowest BCUT2D eigenvalue weighted by Crippen LogP contribution is -2.31. The van der Waals surface area contributed by atoms with Crippen LogP contribution in [0.2, 0.25) is 5.02 Å². The van der Waals surface area contributed by atoms with Crippen LogP contribution >= 0.6 is 11.6 Å². The van der Waals surface area contributed by atoms with E-state index in [4.69, 9.17) is 20.8 Å². The maximum atomic E-state index is 6.17. The summed E-state index contributed by atoms with van der Waals surface area (Å²) in [6.07, 6.45) is 2.28. The van der Waals surface area contributed by atoms with Crippen LogP contribution in [-0.2, 0) is 4.74 Å². The molecule has 3 nitrogen and oxygen atoms in total. The van der Waals surface area contributed by atoms with Crippen molar-refractivity contribution < 1.29 is 9.15 Å². The van der Waals surface area contributed by atoms with Crippen molar-refractivity contribution in [2.45, 2.75) is 18.9 Å². The lowest BCUT2D eigenvalue weighted by Gasteiger charge is -2.28. The summed E-state index contributed by atoms with van der Waals surface area (Å²) in [6.45, 7) is 1.66. The van der Waals surface area contributed by atoms with Crippen molar-refractivity contribution in [2.75, 3.05) is 20.3 Å². The minimum absolute atomic E-state index is 0.184. The minimum Gasteiger partial charge on any atom is -0.458 e. The third kappa shape index (κ3) is 2.50. The minimum atomic E-state index is 0.184. The van der Waals surface area contributed by atoms with Crippen LogP contribution in [0.3, 0.4) is 0 Å². The normalized spacial score (nSPS) is 21.7. The Morgan fingerprint density at radius 2 is 2.32 bits per heavy atom. The van der Waals surface area contributed by atoms with Crippen molar-refractivity contribution in [1.82, 2.24) is 5.32 Å². The Morgan fingerprint density at radius 3 is 3.00 bits per heavy atom. The van der Waals surface area contributed by atoms with E-state index in [2.05, 4.69) is 11.4 Å². The van der Waals surface area contributed by atoms with Crippen LogP contribution < -0.4 is 5.32 Å². The van der Waals surface area contributed by atoms with Gasteiger partial charge in [0.05, 0.1) is 17.7 Å². The molecule has 0 aliphatic carbocycles. The Hall–Kier alpha value is -1.03. The average Bonchev–Trinajstić information content (AvgIpc) is 2.86. The quantitative estimate of drug-likeness (QED) is 0.929. The molecule has 102 valence electrons. The number of rotatable bonds is 3. The lowest BCUT2D eigenvalue weighted by molar-refractivity contribution is 0.0371. The third-order valence-corrected chi connectivity index (χ3v) is 4.10. The van der Waals surface area contributed by atoms with Gasteiger partial charge in [0, 0.05) is 17.9 Å². The summed E-state index contributed by atoms with van der Waals surface area (Å²) in [5.74, 6) is 1.40. The zero-order chi connectivity index (χ0) is 13.2. The van der Waals surface area contributed by atoms with Crippen LogP contribution in [-0.4, -0.2) is 20.3 Å². The second kappa shape index (κ2) is 5.53. The van der Waals surface area contributed by atoms with E-state index in [1.807, 2.05) is 25.2 Å². The van der Waals surface area contributed by atoms with Crippen LogP contribution in [0.25, 0.3) is 11.0 Å². The number of halogens is 1. The van der Waals surface area contributed by atoms with Gasteiger partial charge in [0.1, 0.15) is 5.76 Å². The number of hydrogen-bond donors (Lipinski definition) is 1. The van der Waals surface area contributed by atoms with E-state index in [0.29, 0.717) is 10.9 Å². The molecule has 0 saturated carbocycles. The fourth-order valence-electron chi connectivity index (χ4n) is 2.84. The molecule has 0 radical (unpaired) electrons. The molecule has 1 N–H and O–H groups in total. The van der Waals surface area contributed by atoms with Gasteiger partial charge in [-0.2, -0.15) is 0 Å². The Balaban J connectivity index is 1.94. The second-order valence-electron chi connectivity index (χ2n) is 5.05. The van der Waals surface area contributed by atoms with Crippen LogP contribution in [0, 0.1) is 5.92 Å². The fraction of sp³-hybridized carbons (Fsp3) is 0.467. The molecule has 2 atom stereocenters. The molecule has 0 bridgehead atoms. The Morgan fingerprint density at radius 1 is 1.42 bits per heavy atom. The maximum absolute atomic E-state index is 6.17. The van der Waals surface area contributed by atoms with Gasteiger partial charge in [-0.25, -0.2) is 0 Å². The van der Waals surface area contributed by atoms with Gasteiger partial charge < -0.3 is 14.5 Å². The largest absolute Gasteiger partial charge is 0.458 e. The number of ether oxygens (including phenoxy) is 1. The van der Waals surface area contributed by atoms with E-state index in [9.17, 15) is 0 Å². The van der Waals surface area contributed by atoms with Gasteiger partial charge in [0.25, 0.3) is 0 Å². The lowest BCUT2D eigenvalue weighted by atomic mass is 9.92. The molecule has 2 unspecified atom stereocenters. The van der Waals surface area contributed by atoms with Crippen molar-refractivity contribution in [1.29, 1.82) is 0 Å². The van der Waals surface area contributed by atoms with Crippen molar-refractivity contribution in [2.24, 2.45) is 5.92 Å². The molecule has 4 heteroatoms. The third-order valence-electron chi connectivity index (χ3n) is 3.80. The summed E-state index contributed by atoms with van der Waals surface area (Å²) in [7, 11) is 1.97. The van der Waals surface area contributed by atoms with E-state index in [1.54, 1.807) is 0 Å². The molecule has 3 rings (SSSR count). The molecule has 0 amide bonds. The molecule has 2 heterocycles. The van der Waals surface area contributed by atoms with Gasteiger partial charge in [-0.05, 0) is 32.0 Å². The number of hydrogen-bond acceptors (Lipinski definition) is 3. The van der Waals surface area contributed by atoms with Gasteiger partial charge in [-0.1, -0.05) is 23.7 Å². The number of fused-ring (bicyclic) bond motifs is 1. The van der Waals surface area contributed by atoms with Crippen molar-refractivity contribution in [3.05, 3.63) is 35.0 Å². The summed E-state index contributed by atoms with van der Waals surface area (Å²) in [5.41, 5.74) is 0.774. The monoisotopic (exact) mass is 279 g/mol. The highest BCUT2D eigenvalue weighted by molar-refractivity contribution is 6.34. The maximum Gasteiger partial charge on any atom is 0.152 e.